The highest BCUT2D eigenvalue weighted by molar-refractivity contribution is 6.31. The maximum absolute atomic E-state index is 5.99. The zero-order valence-corrected chi connectivity index (χ0v) is 9.77. The predicted octanol–water partition coefficient (Wildman–Crippen LogP) is 3.13. The molecule has 0 spiro atoms. The van der Waals surface area contributed by atoms with E-state index in [0.717, 1.165) is 42.0 Å². The van der Waals surface area contributed by atoms with Crippen LogP contribution in [0.4, 0.5) is 0 Å². The second-order valence-electron chi connectivity index (χ2n) is 3.51. The molecule has 0 atom stereocenters. The molecular weight excluding hydrogens is 206 g/mol. The van der Waals surface area contributed by atoms with Crippen LogP contribution in [-0.2, 0) is 0 Å². The van der Waals surface area contributed by atoms with E-state index in [1.165, 1.54) is 0 Å². The normalized spacial score (nSPS) is 9.53. The van der Waals surface area contributed by atoms with Gasteiger partial charge in [0.15, 0.2) is 0 Å². The molecule has 80 valence electrons. The summed E-state index contributed by atoms with van der Waals surface area (Å²) in [5, 5.41) is 0.781. The SMILES string of the molecule is Cc1ccc(C#CCCCCN)cc1Cl. The monoisotopic (exact) mass is 221 g/mol. The molecule has 1 aromatic carbocycles. The van der Waals surface area contributed by atoms with Gasteiger partial charge in [0.05, 0.1) is 0 Å². The molecule has 15 heavy (non-hydrogen) atoms. The molecule has 0 unspecified atom stereocenters. The predicted molar refractivity (Wildman–Crippen MR) is 66.0 cm³/mol. The Labute approximate surface area is 96.6 Å². The van der Waals surface area contributed by atoms with Crippen LogP contribution >= 0.6 is 11.6 Å². The van der Waals surface area contributed by atoms with Gasteiger partial charge in [-0.1, -0.05) is 29.5 Å². The number of aryl methyl sites for hydroxylation is 1. The third-order valence-corrected chi connectivity index (χ3v) is 2.57. The van der Waals surface area contributed by atoms with Gasteiger partial charge in [0.25, 0.3) is 0 Å². The molecule has 0 aromatic heterocycles. The van der Waals surface area contributed by atoms with Gasteiger partial charge in [-0.2, -0.15) is 0 Å². The molecule has 0 saturated carbocycles. The maximum atomic E-state index is 5.99. The van der Waals surface area contributed by atoms with Crippen LogP contribution in [0.1, 0.15) is 30.4 Å². The molecule has 0 fully saturated rings. The Kier molecular flexibility index (Phi) is 5.25. The highest BCUT2D eigenvalue weighted by Crippen LogP contribution is 2.15. The summed E-state index contributed by atoms with van der Waals surface area (Å²) in [6.07, 6.45) is 3.02. The van der Waals surface area contributed by atoms with E-state index < -0.39 is 0 Å². The fourth-order valence-corrected chi connectivity index (χ4v) is 1.37. The molecule has 0 aliphatic rings. The van der Waals surface area contributed by atoms with Crippen LogP contribution in [0.2, 0.25) is 5.02 Å². The van der Waals surface area contributed by atoms with Crippen LogP contribution in [-0.4, -0.2) is 6.54 Å². The number of benzene rings is 1. The van der Waals surface area contributed by atoms with Crippen molar-refractivity contribution in [1.82, 2.24) is 0 Å². The molecule has 0 saturated heterocycles. The lowest BCUT2D eigenvalue weighted by Gasteiger charge is -1.96. The molecule has 0 bridgehead atoms. The highest BCUT2D eigenvalue weighted by Gasteiger charge is 1.94. The summed E-state index contributed by atoms with van der Waals surface area (Å²) >= 11 is 5.99. The number of unbranched alkanes of at least 4 members (excludes halogenated alkanes) is 2. The van der Waals surface area contributed by atoms with Crippen molar-refractivity contribution in [2.24, 2.45) is 5.73 Å². The first kappa shape index (κ1) is 12.1. The maximum Gasteiger partial charge on any atom is 0.0447 e. The summed E-state index contributed by atoms with van der Waals surface area (Å²) in [7, 11) is 0. The molecule has 0 aliphatic carbocycles. The molecule has 0 aliphatic heterocycles. The minimum atomic E-state index is 0.748. The summed E-state index contributed by atoms with van der Waals surface area (Å²) < 4.78 is 0. The van der Waals surface area contributed by atoms with E-state index in [1.807, 2.05) is 25.1 Å². The first-order valence-corrected chi connectivity index (χ1v) is 5.57. The smallest absolute Gasteiger partial charge is 0.0447 e. The van der Waals surface area contributed by atoms with Gasteiger partial charge in [-0.05, 0) is 44.0 Å². The van der Waals surface area contributed by atoms with Crippen LogP contribution in [0.25, 0.3) is 0 Å². The Bertz CT molecular complexity index is 374. The van der Waals surface area contributed by atoms with Gasteiger partial charge < -0.3 is 5.73 Å². The van der Waals surface area contributed by atoms with Gasteiger partial charge in [-0.3, -0.25) is 0 Å². The van der Waals surface area contributed by atoms with Crippen molar-refractivity contribution in [3.8, 4) is 11.8 Å². The Morgan fingerprint density at radius 1 is 1.33 bits per heavy atom. The number of hydrogen-bond acceptors (Lipinski definition) is 1. The topological polar surface area (TPSA) is 26.0 Å². The van der Waals surface area contributed by atoms with Gasteiger partial charge in [0, 0.05) is 17.0 Å². The lowest BCUT2D eigenvalue weighted by Crippen LogP contribution is -1.96. The van der Waals surface area contributed by atoms with E-state index in [9.17, 15) is 0 Å². The Hall–Kier alpha value is -0.970. The van der Waals surface area contributed by atoms with Gasteiger partial charge in [0.1, 0.15) is 0 Å². The third-order valence-electron chi connectivity index (χ3n) is 2.16. The number of hydrogen-bond donors (Lipinski definition) is 1. The molecule has 0 heterocycles. The van der Waals surface area contributed by atoms with Crippen molar-refractivity contribution in [2.75, 3.05) is 6.54 Å². The largest absolute Gasteiger partial charge is 0.330 e. The summed E-state index contributed by atoms with van der Waals surface area (Å²) in [4.78, 5) is 0. The number of rotatable bonds is 3. The van der Waals surface area contributed by atoms with E-state index in [2.05, 4.69) is 11.8 Å². The molecule has 2 heteroatoms. The average Bonchev–Trinajstić information content (AvgIpc) is 2.23. The molecular formula is C13H16ClN. The van der Waals surface area contributed by atoms with Crippen molar-refractivity contribution >= 4 is 11.6 Å². The first-order valence-electron chi connectivity index (χ1n) is 5.19. The second kappa shape index (κ2) is 6.50. The van der Waals surface area contributed by atoms with Crippen molar-refractivity contribution in [3.63, 3.8) is 0 Å². The molecule has 0 radical (unpaired) electrons. The Morgan fingerprint density at radius 3 is 2.80 bits per heavy atom. The summed E-state index contributed by atoms with van der Waals surface area (Å²) in [6, 6.07) is 5.90. The summed E-state index contributed by atoms with van der Waals surface area (Å²) in [6.45, 7) is 2.73. The lowest BCUT2D eigenvalue weighted by molar-refractivity contribution is 0.768. The second-order valence-corrected chi connectivity index (χ2v) is 3.92. The lowest BCUT2D eigenvalue weighted by atomic mass is 10.1. The van der Waals surface area contributed by atoms with Gasteiger partial charge in [0.2, 0.25) is 0 Å². The Morgan fingerprint density at radius 2 is 2.13 bits per heavy atom. The van der Waals surface area contributed by atoms with Crippen LogP contribution in [0, 0.1) is 18.8 Å². The van der Waals surface area contributed by atoms with Crippen molar-refractivity contribution in [1.29, 1.82) is 0 Å². The zero-order valence-electron chi connectivity index (χ0n) is 9.02. The van der Waals surface area contributed by atoms with Crippen molar-refractivity contribution < 1.29 is 0 Å². The van der Waals surface area contributed by atoms with E-state index in [4.69, 9.17) is 17.3 Å². The molecule has 1 aromatic rings. The standard InChI is InChI=1S/C13H16ClN/c1-11-7-8-12(10-13(11)14)6-4-2-3-5-9-15/h7-8,10H,2-3,5,9,15H2,1H3. The van der Waals surface area contributed by atoms with Gasteiger partial charge >= 0.3 is 0 Å². The molecule has 0 amide bonds. The quantitative estimate of drug-likeness (QED) is 0.616. The minimum absolute atomic E-state index is 0.748. The molecule has 1 nitrogen and oxygen atoms in total. The molecule has 2 N–H and O–H groups in total. The van der Waals surface area contributed by atoms with E-state index in [1.54, 1.807) is 0 Å². The summed E-state index contributed by atoms with van der Waals surface area (Å²) in [5.74, 6) is 6.22. The van der Waals surface area contributed by atoms with Crippen LogP contribution in [0.15, 0.2) is 18.2 Å². The third kappa shape index (κ3) is 4.38. The van der Waals surface area contributed by atoms with Crippen LogP contribution in [0.3, 0.4) is 0 Å². The zero-order chi connectivity index (χ0) is 11.1. The number of halogens is 1. The van der Waals surface area contributed by atoms with Gasteiger partial charge in [-0.15, -0.1) is 0 Å². The molecule has 1 rings (SSSR count). The van der Waals surface area contributed by atoms with E-state index >= 15 is 0 Å². The van der Waals surface area contributed by atoms with Crippen LogP contribution < -0.4 is 5.73 Å². The van der Waals surface area contributed by atoms with E-state index in [0.29, 0.717) is 0 Å². The van der Waals surface area contributed by atoms with Crippen LogP contribution in [0.5, 0.6) is 0 Å². The van der Waals surface area contributed by atoms with Gasteiger partial charge in [-0.25, -0.2) is 0 Å². The fourth-order valence-electron chi connectivity index (χ4n) is 1.19. The first-order chi connectivity index (χ1) is 7.24. The Balaban J connectivity index is 2.53. The highest BCUT2D eigenvalue weighted by atomic mass is 35.5. The number of nitrogens with two attached hydrogens (primary N) is 1. The fraction of sp³-hybridized carbons (Fsp3) is 0.385. The summed E-state index contributed by atoms with van der Waals surface area (Å²) in [5.41, 5.74) is 7.47. The van der Waals surface area contributed by atoms with E-state index in [-0.39, 0.29) is 0 Å². The van der Waals surface area contributed by atoms with Crippen molar-refractivity contribution in [3.05, 3.63) is 34.3 Å². The average molecular weight is 222 g/mol. The minimum Gasteiger partial charge on any atom is -0.330 e. The van der Waals surface area contributed by atoms with Crippen molar-refractivity contribution in [2.45, 2.75) is 26.2 Å².